The highest BCUT2D eigenvalue weighted by Crippen LogP contribution is 2.31. The minimum absolute atomic E-state index is 0.476. The normalized spacial score (nSPS) is 11.7. The first kappa shape index (κ1) is 19.5. The van der Waals surface area contributed by atoms with Gasteiger partial charge in [-0.05, 0) is 48.9 Å². The van der Waals surface area contributed by atoms with E-state index in [0.717, 1.165) is 17.0 Å². The molecule has 148 valence electrons. The van der Waals surface area contributed by atoms with Gasteiger partial charge >= 0.3 is 0 Å². The van der Waals surface area contributed by atoms with E-state index >= 15 is 0 Å². The van der Waals surface area contributed by atoms with Crippen LogP contribution in [0.15, 0.2) is 42.5 Å². The Kier molecular flexibility index (Phi) is 6.33. The van der Waals surface area contributed by atoms with Crippen molar-refractivity contribution >= 4 is 5.69 Å². The van der Waals surface area contributed by atoms with Crippen molar-refractivity contribution in [2.45, 2.75) is 19.5 Å². The molecule has 0 bridgehead atoms. The van der Waals surface area contributed by atoms with E-state index in [1.807, 2.05) is 49.4 Å². The number of benzene rings is 2. The Bertz CT molecular complexity index is 895. The van der Waals surface area contributed by atoms with Gasteiger partial charge in [-0.15, -0.1) is 0 Å². The van der Waals surface area contributed by atoms with Gasteiger partial charge in [0.2, 0.25) is 0 Å². The Balaban J connectivity index is 1.67. The van der Waals surface area contributed by atoms with Gasteiger partial charge in [0, 0.05) is 5.69 Å². The summed E-state index contributed by atoms with van der Waals surface area (Å²) in [6.07, 6.45) is 0. The van der Waals surface area contributed by atoms with Gasteiger partial charge in [-0.1, -0.05) is 6.07 Å². The van der Waals surface area contributed by atoms with Gasteiger partial charge in [0.25, 0.3) is 0 Å². The maximum atomic E-state index is 6.35. The van der Waals surface area contributed by atoms with Crippen molar-refractivity contribution in [2.75, 3.05) is 26.1 Å². The van der Waals surface area contributed by atoms with Crippen molar-refractivity contribution in [3.05, 3.63) is 59.7 Å². The van der Waals surface area contributed by atoms with E-state index in [-0.39, 0.29) is 0 Å². The zero-order chi connectivity index (χ0) is 19.9. The summed E-state index contributed by atoms with van der Waals surface area (Å²) in [5, 5.41) is 10.5. The molecule has 0 radical (unpaired) electrons. The molecular formula is C20H25N5O3. The van der Waals surface area contributed by atoms with Crippen molar-refractivity contribution in [1.29, 1.82) is 0 Å². The van der Waals surface area contributed by atoms with Crippen LogP contribution in [-0.4, -0.2) is 36.0 Å². The lowest BCUT2D eigenvalue weighted by Gasteiger charge is -2.13. The zero-order valence-electron chi connectivity index (χ0n) is 16.2. The summed E-state index contributed by atoms with van der Waals surface area (Å²) >= 11 is 0. The first-order valence-corrected chi connectivity index (χ1v) is 9.00. The highest BCUT2D eigenvalue weighted by atomic mass is 16.5. The molecule has 4 N–H and O–H groups in total. The molecule has 28 heavy (non-hydrogen) atoms. The number of H-pyrrole nitrogens is 1. The first-order chi connectivity index (χ1) is 13.6. The molecule has 2 aromatic carbocycles. The number of nitrogens with zero attached hydrogens (tertiary/aromatic N) is 2. The van der Waals surface area contributed by atoms with E-state index in [2.05, 4.69) is 20.5 Å². The van der Waals surface area contributed by atoms with Gasteiger partial charge in [-0.2, -0.15) is 5.10 Å². The molecule has 0 saturated carbocycles. The fraction of sp³-hybridized carbons (Fsp3) is 0.300. The molecule has 0 amide bonds. The van der Waals surface area contributed by atoms with Crippen LogP contribution in [0.3, 0.4) is 0 Å². The number of nitrogens with one attached hydrogen (secondary N) is 2. The van der Waals surface area contributed by atoms with Crippen molar-refractivity contribution in [2.24, 2.45) is 5.73 Å². The summed E-state index contributed by atoms with van der Waals surface area (Å²) in [5.41, 5.74) is 8.15. The molecule has 8 nitrogen and oxygen atoms in total. The summed E-state index contributed by atoms with van der Waals surface area (Å²) in [6.45, 7) is 2.96. The van der Waals surface area contributed by atoms with Crippen molar-refractivity contribution in [1.82, 2.24) is 15.2 Å². The smallest absolute Gasteiger partial charge is 0.171 e. The number of hydrogen-bond donors (Lipinski definition) is 3. The van der Waals surface area contributed by atoms with Gasteiger partial charge in [-0.25, -0.2) is 4.98 Å². The van der Waals surface area contributed by atoms with Crippen molar-refractivity contribution < 1.29 is 14.2 Å². The quantitative estimate of drug-likeness (QED) is 0.521. The predicted octanol–water partition coefficient (Wildman–Crippen LogP) is 2.88. The Hall–Kier alpha value is -3.26. The fourth-order valence-corrected chi connectivity index (χ4v) is 2.73. The van der Waals surface area contributed by atoms with Crippen LogP contribution in [0.25, 0.3) is 0 Å². The van der Waals surface area contributed by atoms with Crippen LogP contribution in [0.1, 0.15) is 30.2 Å². The van der Waals surface area contributed by atoms with E-state index in [9.17, 15) is 0 Å². The zero-order valence-corrected chi connectivity index (χ0v) is 16.2. The third kappa shape index (κ3) is 4.52. The van der Waals surface area contributed by atoms with Gasteiger partial charge < -0.3 is 25.3 Å². The minimum atomic E-state index is -0.476. The molecule has 1 heterocycles. The Morgan fingerprint density at radius 2 is 1.86 bits per heavy atom. The summed E-state index contributed by atoms with van der Waals surface area (Å²) in [4.78, 5) is 4.50. The van der Waals surface area contributed by atoms with E-state index in [1.165, 1.54) is 0 Å². The van der Waals surface area contributed by atoms with Crippen molar-refractivity contribution in [3.8, 4) is 17.2 Å². The van der Waals surface area contributed by atoms with E-state index in [0.29, 0.717) is 36.3 Å². The van der Waals surface area contributed by atoms with Crippen LogP contribution in [0, 0.1) is 0 Å². The topological polar surface area (TPSA) is 107 Å². The molecule has 3 aromatic rings. The molecule has 0 saturated heterocycles. The first-order valence-electron chi connectivity index (χ1n) is 9.00. The lowest BCUT2D eigenvalue weighted by molar-refractivity contribution is 0.310. The lowest BCUT2D eigenvalue weighted by atomic mass is 10.1. The second kappa shape index (κ2) is 9.09. The molecule has 0 aliphatic carbocycles. The number of methoxy groups -OCH3 is 2. The Labute approximate surface area is 164 Å². The molecular weight excluding hydrogens is 358 g/mol. The maximum Gasteiger partial charge on any atom is 0.171 e. The third-order valence-electron chi connectivity index (χ3n) is 4.22. The van der Waals surface area contributed by atoms with Crippen LogP contribution in [0.5, 0.6) is 17.2 Å². The number of hydrogen-bond acceptors (Lipinski definition) is 7. The number of rotatable bonds is 9. The molecule has 8 heteroatoms. The summed E-state index contributed by atoms with van der Waals surface area (Å²) in [5.74, 6) is 3.33. The second-order valence-corrected chi connectivity index (χ2v) is 6.04. The predicted molar refractivity (Wildman–Crippen MR) is 107 cm³/mol. The summed E-state index contributed by atoms with van der Waals surface area (Å²) in [7, 11) is 3.25. The van der Waals surface area contributed by atoms with Gasteiger partial charge in [-0.3, -0.25) is 5.10 Å². The number of aromatic amines is 1. The van der Waals surface area contributed by atoms with E-state index < -0.39 is 6.04 Å². The van der Waals surface area contributed by atoms with Gasteiger partial charge in [0.1, 0.15) is 11.6 Å². The number of ether oxygens (including phenoxy) is 3. The van der Waals surface area contributed by atoms with Crippen LogP contribution in [-0.2, 0) is 6.54 Å². The minimum Gasteiger partial charge on any atom is -0.497 e. The average Bonchev–Trinajstić information content (AvgIpc) is 3.21. The van der Waals surface area contributed by atoms with Crippen LogP contribution >= 0.6 is 0 Å². The molecule has 1 unspecified atom stereocenters. The molecule has 0 fully saturated rings. The van der Waals surface area contributed by atoms with Gasteiger partial charge in [0.15, 0.2) is 17.3 Å². The van der Waals surface area contributed by atoms with Crippen molar-refractivity contribution in [3.63, 3.8) is 0 Å². The molecule has 1 atom stereocenters. The highest BCUT2D eigenvalue weighted by molar-refractivity contribution is 5.46. The highest BCUT2D eigenvalue weighted by Gasteiger charge is 2.17. The number of nitrogens with two attached hydrogens (primary N) is 1. The molecule has 0 spiro atoms. The Morgan fingerprint density at radius 3 is 2.54 bits per heavy atom. The largest absolute Gasteiger partial charge is 0.497 e. The molecule has 1 aromatic heterocycles. The summed E-state index contributed by atoms with van der Waals surface area (Å²) in [6, 6.07) is 12.8. The van der Waals surface area contributed by atoms with E-state index in [4.69, 9.17) is 19.9 Å². The number of aromatic nitrogens is 3. The summed E-state index contributed by atoms with van der Waals surface area (Å²) < 4.78 is 16.1. The lowest BCUT2D eigenvalue weighted by Crippen LogP contribution is -2.14. The average molecular weight is 383 g/mol. The number of anilines is 1. The van der Waals surface area contributed by atoms with E-state index in [1.54, 1.807) is 14.2 Å². The fourth-order valence-electron chi connectivity index (χ4n) is 2.73. The van der Waals surface area contributed by atoms with Crippen LogP contribution in [0.4, 0.5) is 5.69 Å². The monoisotopic (exact) mass is 383 g/mol. The van der Waals surface area contributed by atoms with Crippen LogP contribution in [0.2, 0.25) is 0 Å². The maximum absolute atomic E-state index is 6.35. The van der Waals surface area contributed by atoms with Crippen LogP contribution < -0.4 is 25.3 Å². The molecule has 0 aliphatic rings. The molecule has 3 rings (SSSR count). The Morgan fingerprint density at radius 1 is 1.07 bits per heavy atom. The van der Waals surface area contributed by atoms with Gasteiger partial charge in [0.05, 0.1) is 33.4 Å². The SMILES string of the molecule is CCOc1cc(C(N)c2n[nH]c(CNc3ccc(OC)cc3)n2)ccc1OC. The molecule has 0 aliphatic heterocycles. The third-order valence-corrected chi connectivity index (χ3v) is 4.22. The second-order valence-electron chi connectivity index (χ2n) is 6.04. The standard InChI is InChI=1S/C20H25N5O3/c1-4-28-17-11-13(5-10-16(17)27-3)19(21)20-23-18(24-25-20)12-22-14-6-8-15(26-2)9-7-14/h5-11,19,22H,4,12,21H2,1-3H3,(H,23,24,25).